The first-order valence-electron chi connectivity index (χ1n) is 7.50. The number of fused-ring (bicyclic) bond motifs is 1. The second kappa shape index (κ2) is 5.91. The highest BCUT2D eigenvalue weighted by Gasteiger charge is 2.21. The molecule has 3 rings (SSSR count). The van der Waals surface area contributed by atoms with Gasteiger partial charge < -0.3 is 14.2 Å². The van der Waals surface area contributed by atoms with Crippen LogP contribution in [0.4, 0.5) is 0 Å². The van der Waals surface area contributed by atoms with Crippen molar-refractivity contribution in [2.45, 2.75) is 57.7 Å². The molecule has 3 heterocycles. The molecule has 2 aliphatic rings. The molecule has 1 atom stereocenters. The van der Waals surface area contributed by atoms with Crippen molar-refractivity contribution in [1.82, 2.24) is 19.7 Å². The molecule has 2 aliphatic heterocycles. The van der Waals surface area contributed by atoms with Crippen LogP contribution >= 0.6 is 0 Å². The van der Waals surface area contributed by atoms with Gasteiger partial charge >= 0.3 is 0 Å². The number of hydrogen-bond acceptors (Lipinski definition) is 4. The zero-order valence-corrected chi connectivity index (χ0v) is 12.0. The van der Waals surface area contributed by atoms with Crippen LogP contribution in [0.25, 0.3) is 0 Å². The molecule has 0 unspecified atom stereocenters. The molecule has 0 saturated carbocycles. The van der Waals surface area contributed by atoms with E-state index in [1.54, 1.807) is 4.90 Å². The first-order chi connectivity index (χ1) is 9.74. The Bertz CT molecular complexity index is 480. The molecule has 1 amide bonds. The van der Waals surface area contributed by atoms with E-state index in [-0.39, 0.29) is 12.0 Å². The molecule has 0 N–H and O–H groups in total. The number of hydrogen-bond donors (Lipinski definition) is 0. The van der Waals surface area contributed by atoms with Gasteiger partial charge in [0.15, 0.2) is 5.82 Å². The predicted octanol–water partition coefficient (Wildman–Crippen LogP) is 1.14. The lowest BCUT2D eigenvalue weighted by Gasteiger charge is -2.18. The van der Waals surface area contributed by atoms with E-state index < -0.39 is 0 Å². The van der Waals surface area contributed by atoms with Gasteiger partial charge in [0.25, 0.3) is 0 Å². The van der Waals surface area contributed by atoms with Gasteiger partial charge in [-0.2, -0.15) is 0 Å². The number of carbonyl (C=O) groups excluding carboxylic acids is 1. The van der Waals surface area contributed by atoms with Crippen LogP contribution in [0.5, 0.6) is 0 Å². The summed E-state index contributed by atoms with van der Waals surface area (Å²) in [7, 11) is 1.84. The minimum atomic E-state index is 0.163. The zero-order chi connectivity index (χ0) is 13.9. The van der Waals surface area contributed by atoms with Crippen molar-refractivity contribution in [2.24, 2.45) is 0 Å². The third-order valence-electron chi connectivity index (χ3n) is 4.19. The van der Waals surface area contributed by atoms with Gasteiger partial charge in [-0.25, -0.2) is 0 Å². The number of nitrogens with zero attached hydrogens (tertiary/aromatic N) is 4. The van der Waals surface area contributed by atoms with Crippen molar-refractivity contribution in [3.05, 3.63) is 11.6 Å². The third kappa shape index (κ3) is 2.85. The first kappa shape index (κ1) is 13.5. The second-order valence-corrected chi connectivity index (χ2v) is 5.71. The Morgan fingerprint density at radius 1 is 1.45 bits per heavy atom. The number of ether oxygens (including phenoxy) is 1. The Morgan fingerprint density at radius 3 is 3.15 bits per heavy atom. The van der Waals surface area contributed by atoms with Crippen LogP contribution in [-0.2, 0) is 29.0 Å². The largest absolute Gasteiger partial charge is 0.378 e. The molecule has 0 radical (unpaired) electrons. The molecule has 6 nitrogen and oxygen atoms in total. The van der Waals surface area contributed by atoms with Crippen molar-refractivity contribution < 1.29 is 9.53 Å². The van der Waals surface area contributed by atoms with E-state index in [2.05, 4.69) is 14.8 Å². The Labute approximate surface area is 119 Å². The summed E-state index contributed by atoms with van der Waals surface area (Å²) in [5.74, 6) is 2.13. The van der Waals surface area contributed by atoms with Crippen LogP contribution < -0.4 is 0 Å². The molecule has 110 valence electrons. The molecule has 6 heteroatoms. The fraction of sp³-hybridized carbons (Fsp3) is 0.786. The lowest BCUT2D eigenvalue weighted by molar-refractivity contribution is -0.131. The minimum Gasteiger partial charge on any atom is -0.378 e. The van der Waals surface area contributed by atoms with Crippen molar-refractivity contribution in [3.8, 4) is 0 Å². The average molecular weight is 278 g/mol. The highest BCUT2D eigenvalue weighted by atomic mass is 16.5. The first-order valence-corrected chi connectivity index (χ1v) is 7.50. The van der Waals surface area contributed by atoms with Crippen molar-refractivity contribution in [3.63, 3.8) is 0 Å². The molecule has 0 aromatic carbocycles. The fourth-order valence-corrected chi connectivity index (χ4v) is 2.98. The van der Waals surface area contributed by atoms with Gasteiger partial charge in [0.1, 0.15) is 5.82 Å². The van der Waals surface area contributed by atoms with Crippen molar-refractivity contribution in [1.29, 1.82) is 0 Å². The van der Waals surface area contributed by atoms with E-state index in [0.29, 0.717) is 13.0 Å². The summed E-state index contributed by atoms with van der Waals surface area (Å²) in [5, 5.41) is 8.37. The van der Waals surface area contributed by atoms with Crippen molar-refractivity contribution >= 4 is 5.91 Å². The lowest BCUT2D eigenvalue weighted by atomic mass is 10.1. The molecular formula is C14H22N4O2. The van der Waals surface area contributed by atoms with E-state index >= 15 is 0 Å². The third-order valence-corrected chi connectivity index (χ3v) is 4.19. The summed E-state index contributed by atoms with van der Waals surface area (Å²) >= 11 is 0. The van der Waals surface area contributed by atoms with Crippen LogP contribution in [0.1, 0.15) is 43.8 Å². The Hall–Kier alpha value is -1.43. The predicted molar refractivity (Wildman–Crippen MR) is 73.0 cm³/mol. The standard InChI is InChI=1S/C14H22N4O2/c1-17(14(19)7-6-11-4-3-9-20-11)10-13-16-15-12-5-2-8-18(12)13/h11H,2-10H2,1H3/t11-/m1/s1. The van der Waals surface area contributed by atoms with Crippen LogP contribution in [0.2, 0.25) is 0 Å². The number of amides is 1. The Kier molecular flexibility index (Phi) is 4.00. The molecule has 0 bridgehead atoms. The monoisotopic (exact) mass is 278 g/mol. The molecule has 1 aromatic heterocycles. The van der Waals surface area contributed by atoms with Crippen LogP contribution in [0.15, 0.2) is 0 Å². The number of carbonyl (C=O) groups is 1. The van der Waals surface area contributed by atoms with Crippen molar-refractivity contribution in [2.75, 3.05) is 13.7 Å². The average Bonchev–Trinajstić information content (AvgIpc) is 3.15. The van der Waals surface area contributed by atoms with Gasteiger partial charge in [-0.15, -0.1) is 10.2 Å². The highest BCUT2D eigenvalue weighted by molar-refractivity contribution is 5.75. The van der Waals surface area contributed by atoms with Crippen LogP contribution in [-0.4, -0.2) is 45.3 Å². The normalized spacial score (nSPS) is 21.1. The molecule has 1 aromatic rings. The topological polar surface area (TPSA) is 60.2 Å². The second-order valence-electron chi connectivity index (χ2n) is 5.71. The lowest BCUT2D eigenvalue weighted by Crippen LogP contribution is -2.28. The van der Waals surface area contributed by atoms with E-state index in [1.807, 2.05) is 7.05 Å². The van der Waals surface area contributed by atoms with Crippen LogP contribution in [0.3, 0.4) is 0 Å². The van der Waals surface area contributed by atoms with Gasteiger partial charge in [0.2, 0.25) is 5.91 Å². The molecule has 20 heavy (non-hydrogen) atoms. The fourth-order valence-electron chi connectivity index (χ4n) is 2.98. The molecule has 1 saturated heterocycles. The maximum absolute atomic E-state index is 12.1. The van der Waals surface area contributed by atoms with Gasteiger partial charge in [-0.05, 0) is 25.7 Å². The highest BCUT2D eigenvalue weighted by Crippen LogP contribution is 2.18. The molecule has 0 aliphatic carbocycles. The summed E-state index contributed by atoms with van der Waals surface area (Å²) in [6.07, 6.45) is 6.03. The van der Waals surface area contributed by atoms with E-state index in [9.17, 15) is 4.79 Å². The zero-order valence-electron chi connectivity index (χ0n) is 12.0. The minimum absolute atomic E-state index is 0.163. The van der Waals surface area contributed by atoms with Gasteiger partial charge in [-0.3, -0.25) is 4.79 Å². The summed E-state index contributed by atoms with van der Waals surface area (Å²) in [5.41, 5.74) is 0. The Morgan fingerprint density at radius 2 is 2.35 bits per heavy atom. The van der Waals surface area contributed by atoms with Gasteiger partial charge in [0, 0.05) is 33.0 Å². The quantitative estimate of drug-likeness (QED) is 0.810. The maximum atomic E-state index is 12.1. The maximum Gasteiger partial charge on any atom is 0.222 e. The number of aryl methyl sites for hydroxylation is 1. The number of aromatic nitrogens is 3. The molecule has 0 spiro atoms. The smallest absolute Gasteiger partial charge is 0.222 e. The van der Waals surface area contributed by atoms with E-state index in [1.165, 1.54) is 0 Å². The molecule has 1 fully saturated rings. The van der Waals surface area contributed by atoms with E-state index in [4.69, 9.17) is 4.74 Å². The summed E-state index contributed by atoms with van der Waals surface area (Å²) in [4.78, 5) is 13.9. The summed E-state index contributed by atoms with van der Waals surface area (Å²) < 4.78 is 7.69. The SMILES string of the molecule is CN(Cc1nnc2n1CCC2)C(=O)CC[C@H]1CCCO1. The van der Waals surface area contributed by atoms with Gasteiger partial charge in [0.05, 0.1) is 12.6 Å². The summed E-state index contributed by atoms with van der Waals surface area (Å²) in [6, 6.07) is 0. The van der Waals surface area contributed by atoms with E-state index in [0.717, 1.165) is 56.9 Å². The number of rotatable bonds is 5. The summed E-state index contributed by atoms with van der Waals surface area (Å²) in [6.45, 7) is 2.38. The Balaban J connectivity index is 1.50. The molecular weight excluding hydrogens is 256 g/mol. The van der Waals surface area contributed by atoms with Crippen LogP contribution in [0, 0.1) is 0 Å². The van der Waals surface area contributed by atoms with Gasteiger partial charge in [-0.1, -0.05) is 0 Å².